The van der Waals surface area contributed by atoms with Crippen molar-refractivity contribution >= 4 is 6.29 Å². The van der Waals surface area contributed by atoms with E-state index in [-0.39, 0.29) is 0 Å². The maximum absolute atomic E-state index is 10.5. The van der Waals surface area contributed by atoms with Crippen LogP contribution in [-0.4, -0.2) is 16.3 Å². The molecule has 3 heteroatoms. The van der Waals surface area contributed by atoms with Gasteiger partial charge in [-0.25, -0.2) is 9.97 Å². The van der Waals surface area contributed by atoms with Crippen LogP contribution in [0.2, 0.25) is 0 Å². The third-order valence-corrected chi connectivity index (χ3v) is 1.63. The molecule has 0 aliphatic carbocycles. The zero-order valence-corrected chi connectivity index (χ0v) is 8.24. The van der Waals surface area contributed by atoms with Crippen LogP contribution in [0.5, 0.6) is 0 Å². The summed E-state index contributed by atoms with van der Waals surface area (Å²) in [5, 5.41) is 0. The van der Waals surface area contributed by atoms with Crippen molar-refractivity contribution in [3.05, 3.63) is 23.3 Å². The van der Waals surface area contributed by atoms with Gasteiger partial charge in [-0.3, -0.25) is 4.79 Å². The fraction of sp³-hybridized carbons (Fsp3) is 0.500. The molecule has 0 fully saturated rings. The first-order chi connectivity index (χ1) is 6.11. The molecule has 0 radical (unpaired) electrons. The first-order valence-corrected chi connectivity index (χ1v) is 4.41. The summed E-state index contributed by atoms with van der Waals surface area (Å²) in [6.45, 7) is 6.08. The molecule has 0 amide bonds. The minimum Gasteiger partial charge on any atom is -0.296 e. The number of nitrogens with zero attached hydrogens (tertiary/aromatic N) is 2. The van der Waals surface area contributed by atoms with E-state index in [1.165, 1.54) is 0 Å². The molecule has 3 nitrogen and oxygen atoms in total. The molecule has 1 aromatic rings. The molecule has 0 saturated carbocycles. The number of hydrogen-bond acceptors (Lipinski definition) is 3. The van der Waals surface area contributed by atoms with Gasteiger partial charge in [-0.2, -0.15) is 0 Å². The number of aryl methyl sites for hydroxylation is 1. The predicted octanol–water partition coefficient (Wildman–Crippen LogP) is 1.80. The summed E-state index contributed by atoms with van der Waals surface area (Å²) in [5.41, 5.74) is 1.33. The van der Waals surface area contributed by atoms with Gasteiger partial charge in [-0.15, -0.1) is 0 Å². The van der Waals surface area contributed by atoms with Crippen molar-refractivity contribution in [3.8, 4) is 0 Å². The van der Waals surface area contributed by atoms with E-state index in [1.807, 2.05) is 6.92 Å². The molecule has 0 aromatic carbocycles. The summed E-state index contributed by atoms with van der Waals surface area (Å²) >= 11 is 0. The van der Waals surface area contributed by atoms with Crippen LogP contribution in [-0.2, 0) is 6.42 Å². The number of carbonyl (C=O) groups excluding carboxylic acids is 1. The lowest BCUT2D eigenvalue weighted by atomic mass is 10.1. The van der Waals surface area contributed by atoms with E-state index in [4.69, 9.17) is 0 Å². The van der Waals surface area contributed by atoms with Gasteiger partial charge >= 0.3 is 0 Å². The fourth-order valence-electron chi connectivity index (χ4n) is 1.17. The van der Waals surface area contributed by atoms with E-state index in [1.54, 1.807) is 6.07 Å². The van der Waals surface area contributed by atoms with Crippen LogP contribution >= 0.6 is 0 Å². The highest BCUT2D eigenvalue weighted by Gasteiger charge is 2.03. The zero-order valence-electron chi connectivity index (χ0n) is 8.24. The van der Waals surface area contributed by atoms with Crippen molar-refractivity contribution in [3.63, 3.8) is 0 Å². The van der Waals surface area contributed by atoms with Crippen molar-refractivity contribution in [1.82, 2.24) is 9.97 Å². The van der Waals surface area contributed by atoms with Gasteiger partial charge in [-0.05, 0) is 18.9 Å². The SMILES string of the molecule is Cc1cc(C=O)nc(CC(C)C)n1. The second-order valence-corrected chi connectivity index (χ2v) is 3.57. The topological polar surface area (TPSA) is 42.9 Å². The van der Waals surface area contributed by atoms with Gasteiger partial charge in [0.25, 0.3) is 0 Å². The molecule has 70 valence electrons. The van der Waals surface area contributed by atoms with Crippen LogP contribution in [0.4, 0.5) is 0 Å². The van der Waals surface area contributed by atoms with Crippen LogP contribution in [0.15, 0.2) is 6.07 Å². The van der Waals surface area contributed by atoms with Gasteiger partial charge in [0, 0.05) is 12.1 Å². The summed E-state index contributed by atoms with van der Waals surface area (Å²) in [6.07, 6.45) is 1.58. The Labute approximate surface area is 78.2 Å². The van der Waals surface area contributed by atoms with Crippen LogP contribution < -0.4 is 0 Å². The monoisotopic (exact) mass is 178 g/mol. The van der Waals surface area contributed by atoms with Crippen molar-refractivity contribution < 1.29 is 4.79 Å². The largest absolute Gasteiger partial charge is 0.296 e. The third kappa shape index (κ3) is 2.93. The molecule has 1 aromatic heterocycles. The Morgan fingerprint density at radius 2 is 2.15 bits per heavy atom. The Morgan fingerprint density at radius 1 is 1.46 bits per heavy atom. The van der Waals surface area contributed by atoms with Gasteiger partial charge in [0.05, 0.1) is 0 Å². The molecule has 1 rings (SSSR count). The van der Waals surface area contributed by atoms with E-state index >= 15 is 0 Å². The molecule has 0 bridgehead atoms. The maximum Gasteiger partial charge on any atom is 0.168 e. The molecule has 0 unspecified atom stereocenters. The summed E-state index contributed by atoms with van der Waals surface area (Å²) in [5.74, 6) is 1.28. The fourth-order valence-corrected chi connectivity index (χ4v) is 1.17. The maximum atomic E-state index is 10.5. The summed E-state index contributed by atoms with van der Waals surface area (Å²) in [6, 6.07) is 1.69. The minimum atomic E-state index is 0.475. The lowest BCUT2D eigenvalue weighted by Gasteiger charge is -2.04. The highest BCUT2D eigenvalue weighted by atomic mass is 16.1. The van der Waals surface area contributed by atoms with Gasteiger partial charge in [0.1, 0.15) is 11.5 Å². The highest BCUT2D eigenvalue weighted by molar-refractivity contribution is 5.71. The van der Waals surface area contributed by atoms with E-state index in [0.29, 0.717) is 11.6 Å². The average Bonchev–Trinajstić information content (AvgIpc) is 2.01. The predicted molar refractivity (Wildman–Crippen MR) is 50.7 cm³/mol. The number of rotatable bonds is 3. The Morgan fingerprint density at radius 3 is 2.69 bits per heavy atom. The lowest BCUT2D eigenvalue weighted by Crippen LogP contribution is -2.04. The van der Waals surface area contributed by atoms with E-state index in [2.05, 4.69) is 23.8 Å². The Bertz CT molecular complexity index is 308. The van der Waals surface area contributed by atoms with Crippen LogP contribution in [0, 0.1) is 12.8 Å². The molecule has 0 atom stereocenters. The number of hydrogen-bond donors (Lipinski definition) is 0. The molecule has 0 saturated heterocycles. The second kappa shape index (κ2) is 4.12. The summed E-state index contributed by atoms with van der Waals surface area (Å²) in [4.78, 5) is 18.9. The van der Waals surface area contributed by atoms with Crippen molar-refractivity contribution in [2.24, 2.45) is 5.92 Å². The third-order valence-electron chi connectivity index (χ3n) is 1.63. The number of carbonyl (C=O) groups is 1. The standard InChI is InChI=1S/C10H14N2O/c1-7(2)4-10-11-8(3)5-9(6-13)12-10/h5-7H,4H2,1-3H3. The molecule has 1 heterocycles. The second-order valence-electron chi connectivity index (χ2n) is 3.57. The molecule has 13 heavy (non-hydrogen) atoms. The van der Waals surface area contributed by atoms with Gasteiger partial charge in [0.2, 0.25) is 0 Å². The number of aromatic nitrogens is 2. The molecular formula is C10H14N2O. The minimum absolute atomic E-state index is 0.475. The quantitative estimate of drug-likeness (QED) is 0.663. The summed E-state index contributed by atoms with van der Waals surface area (Å²) in [7, 11) is 0. The van der Waals surface area contributed by atoms with E-state index in [9.17, 15) is 4.79 Å². The van der Waals surface area contributed by atoms with Gasteiger partial charge < -0.3 is 0 Å². The van der Waals surface area contributed by atoms with Crippen LogP contribution in [0.3, 0.4) is 0 Å². The average molecular weight is 178 g/mol. The van der Waals surface area contributed by atoms with Crippen molar-refractivity contribution in [2.75, 3.05) is 0 Å². The molecule has 0 spiro atoms. The Balaban J connectivity index is 2.94. The molecule has 0 aliphatic rings. The first-order valence-electron chi connectivity index (χ1n) is 4.41. The van der Waals surface area contributed by atoms with Gasteiger partial charge in [-0.1, -0.05) is 13.8 Å². The molecule has 0 aliphatic heterocycles. The molecular weight excluding hydrogens is 164 g/mol. The van der Waals surface area contributed by atoms with Crippen molar-refractivity contribution in [1.29, 1.82) is 0 Å². The first kappa shape index (κ1) is 9.84. The van der Waals surface area contributed by atoms with Gasteiger partial charge in [0.15, 0.2) is 6.29 Å². The highest BCUT2D eigenvalue weighted by Crippen LogP contribution is 2.04. The van der Waals surface area contributed by atoms with Crippen LogP contribution in [0.25, 0.3) is 0 Å². The zero-order chi connectivity index (χ0) is 9.84. The normalized spacial score (nSPS) is 10.5. The lowest BCUT2D eigenvalue weighted by molar-refractivity contribution is 0.111. The number of aldehydes is 1. The summed E-state index contributed by atoms with van der Waals surface area (Å²) < 4.78 is 0. The molecule has 0 N–H and O–H groups in total. The van der Waals surface area contributed by atoms with E-state index < -0.39 is 0 Å². The smallest absolute Gasteiger partial charge is 0.168 e. The van der Waals surface area contributed by atoms with Crippen molar-refractivity contribution in [2.45, 2.75) is 27.2 Å². The Hall–Kier alpha value is -1.25. The Kier molecular flexibility index (Phi) is 3.12. The van der Waals surface area contributed by atoms with E-state index in [0.717, 1.165) is 24.2 Å². The van der Waals surface area contributed by atoms with Crippen LogP contribution in [0.1, 0.15) is 35.9 Å².